The Kier molecular flexibility index (Phi) is 27.3. The molecular weight excluding hydrogens is 584 g/mol. The largest absolute Gasteiger partial charge is 0.356 e. The fourth-order valence-electron chi connectivity index (χ4n) is 3.45. The second kappa shape index (κ2) is 28.2. The fraction of sp³-hybridized carbons (Fsp3) is 0.769. The van der Waals surface area contributed by atoms with Gasteiger partial charge in [0, 0.05) is 65.3 Å². The first-order valence-corrected chi connectivity index (χ1v) is 14.7. The number of amides is 7. The molecule has 0 aliphatic carbocycles. The maximum Gasteiger partial charge on any atom is 0.335 e. The first-order chi connectivity index (χ1) is 20.8. The van der Waals surface area contributed by atoms with E-state index in [2.05, 4.69) is 16.4 Å². The first kappa shape index (κ1) is 42.6. The van der Waals surface area contributed by atoms with E-state index in [1.807, 2.05) is 0 Å². The van der Waals surface area contributed by atoms with Gasteiger partial charge in [-0.3, -0.25) is 44.8 Å². The molecule has 0 aromatic heterocycles. The van der Waals surface area contributed by atoms with Gasteiger partial charge in [-0.15, -0.1) is 0 Å². The SMILES string of the molecule is CC(=O)N(O)CCCCCNC(=O)CCC(=O)N(O)CCCCCNC(=O)CCC(=O)N(O)CCCCCN.NC(=O)NO. The molecule has 11 N–H and O–H groups in total. The molecule has 256 valence electrons. The predicted octanol–water partition coefficient (Wildman–Crippen LogP) is -0.0340. The zero-order valence-electron chi connectivity index (χ0n) is 25.7. The van der Waals surface area contributed by atoms with Gasteiger partial charge in [0.1, 0.15) is 0 Å². The fourth-order valence-corrected chi connectivity index (χ4v) is 3.45. The molecule has 0 bridgehead atoms. The summed E-state index contributed by atoms with van der Waals surface area (Å²) in [6.45, 7) is 3.22. The molecule has 0 aliphatic heterocycles. The summed E-state index contributed by atoms with van der Waals surface area (Å²) in [6.07, 6.45) is 5.84. The van der Waals surface area contributed by atoms with Crippen LogP contribution in [0.3, 0.4) is 0 Å². The number of urea groups is 1. The van der Waals surface area contributed by atoms with Gasteiger partial charge in [-0.25, -0.2) is 25.5 Å². The van der Waals surface area contributed by atoms with Gasteiger partial charge >= 0.3 is 6.03 Å². The Morgan fingerprint density at radius 1 is 0.591 bits per heavy atom. The molecule has 0 aromatic carbocycles. The molecule has 0 atom stereocenters. The van der Waals surface area contributed by atoms with Gasteiger partial charge in [0.25, 0.3) is 0 Å². The van der Waals surface area contributed by atoms with Crippen molar-refractivity contribution in [1.29, 1.82) is 0 Å². The number of primary amides is 1. The summed E-state index contributed by atoms with van der Waals surface area (Å²) >= 11 is 0. The summed E-state index contributed by atoms with van der Waals surface area (Å²) < 4.78 is 0. The minimum absolute atomic E-state index is 0.0191. The predicted molar refractivity (Wildman–Crippen MR) is 156 cm³/mol. The standard InChI is InChI=1S/C25H48N6O8.CH4N2O2/c1-21(32)29(37)18-9-3-6-16-27-22(33)12-14-25(36)31(39)20-10-4-7-17-28-23(34)11-13-24(35)30(38)19-8-2-5-15-26;2-1(4)3-5/h37-39H,2-20,26H2,1H3,(H,27,33)(H,28,34);5H,(H3,2,3,4). The number of unbranched alkanes of at least 4 members (excludes halogenated alkanes) is 6. The van der Waals surface area contributed by atoms with Crippen LogP contribution in [-0.4, -0.2) is 111 Å². The lowest BCUT2D eigenvalue weighted by Gasteiger charge is -2.15. The van der Waals surface area contributed by atoms with Gasteiger partial charge < -0.3 is 22.1 Å². The molecule has 0 aliphatic rings. The third-order valence-electron chi connectivity index (χ3n) is 5.99. The van der Waals surface area contributed by atoms with Crippen molar-refractivity contribution in [2.75, 3.05) is 39.3 Å². The average molecular weight is 637 g/mol. The lowest BCUT2D eigenvalue weighted by Crippen LogP contribution is -2.31. The van der Waals surface area contributed by atoms with E-state index in [4.69, 9.17) is 10.9 Å². The lowest BCUT2D eigenvalue weighted by molar-refractivity contribution is -0.166. The molecule has 0 aromatic rings. The van der Waals surface area contributed by atoms with Crippen LogP contribution in [0.2, 0.25) is 0 Å². The first-order valence-electron chi connectivity index (χ1n) is 14.7. The number of carbonyl (C=O) groups excluding carboxylic acids is 6. The Balaban J connectivity index is 0. The molecule has 0 heterocycles. The van der Waals surface area contributed by atoms with Gasteiger partial charge in [0.15, 0.2) is 0 Å². The van der Waals surface area contributed by atoms with Gasteiger partial charge in [-0.1, -0.05) is 6.42 Å². The van der Waals surface area contributed by atoms with Crippen molar-refractivity contribution in [3.8, 4) is 0 Å². The van der Waals surface area contributed by atoms with E-state index in [0.717, 1.165) is 19.3 Å². The zero-order chi connectivity index (χ0) is 33.8. The molecule has 0 radical (unpaired) electrons. The van der Waals surface area contributed by atoms with Crippen LogP contribution >= 0.6 is 0 Å². The highest BCUT2D eigenvalue weighted by Gasteiger charge is 2.14. The summed E-state index contributed by atoms with van der Waals surface area (Å²) in [5, 5.41) is 43.5. The van der Waals surface area contributed by atoms with Crippen molar-refractivity contribution in [1.82, 2.24) is 31.3 Å². The summed E-state index contributed by atoms with van der Waals surface area (Å²) in [5.74, 6) is -2.05. The smallest absolute Gasteiger partial charge is 0.335 e. The molecule has 0 saturated carbocycles. The third-order valence-corrected chi connectivity index (χ3v) is 5.99. The maximum atomic E-state index is 12.0. The summed E-state index contributed by atoms with van der Waals surface area (Å²) in [4.78, 5) is 67.6. The van der Waals surface area contributed by atoms with Crippen LogP contribution in [-0.2, 0) is 24.0 Å². The monoisotopic (exact) mass is 636 g/mol. The quantitative estimate of drug-likeness (QED) is 0.0407. The van der Waals surface area contributed by atoms with E-state index in [0.29, 0.717) is 73.3 Å². The number of carbonyl (C=O) groups is 6. The topological polar surface area (TPSA) is 281 Å². The second-order valence-corrected chi connectivity index (χ2v) is 9.82. The second-order valence-electron chi connectivity index (χ2n) is 9.82. The summed E-state index contributed by atoms with van der Waals surface area (Å²) in [5.41, 5.74) is 10.9. The van der Waals surface area contributed by atoms with Crippen LogP contribution in [0.15, 0.2) is 0 Å². The Morgan fingerprint density at radius 3 is 1.30 bits per heavy atom. The molecule has 44 heavy (non-hydrogen) atoms. The number of rotatable bonds is 23. The Hall–Kier alpha value is -3.58. The van der Waals surface area contributed by atoms with E-state index >= 15 is 0 Å². The minimum Gasteiger partial charge on any atom is -0.356 e. The van der Waals surface area contributed by atoms with Crippen molar-refractivity contribution in [2.45, 2.75) is 90.4 Å². The maximum absolute atomic E-state index is 12.0. The van der Waals surface area contributed by atoms with E-state index in [1.54, 1.807) is 0 Å². The highest BCUT2D eigenvalue weighted by molar-refractivity contribution is 5.83. The van der Waals surface area contributed by atoms with Gasteiger partial charge in [-0.2, -0.15) is 0 Å². The summed E-state index contributed by atoms with van der Waals surface area (Å²) in [6, 6.07) is -0.940. The molecule has 0 spiro atoms. The number of nitrogens with zero attached hydrogens (tertiary/aromatic N) is 3. The highest BCUT2D eigenvalue weighted by Crippen LogP contribution is 2.03. The normalized spacial score (nSPS) is 10.1. The van der Waals surface area contributed by atoms with Crippen LogP contribution in [0.4, 0.5) is 4.79 Å². The molecule has 18 nitrogen and oxygen atoms in total. The van der Waals surface area contributed by atoms with Crippen LogP contribution < -0.4 is 27.6 Å². The Morgan fingerprint density at radius 2 is 0.955 bits per heavy atom. The Bertz CT molecular complexity index is 850. The number of nitrogens with two attached hydrogens (primary N) is 2. The van der Waals surface area contributed by atoms with Crippen LogP contribution in [0.5, 0.6) is 0 Å². The summed E-state index contributed by atoms with van der Waals surface area (Å²) in [7, 11) is 0. The molecular formula is C26H52N8O10. The van der Waals surface area contributed by atoms with Crippen molar-refractivity contribution in [3.63, 3.8) is 0 Å². The molecule has 0 fully saturated rings. The van der Waals surface area contributed by atoms with Crippen LogP contribution in [0.1, 0.15) is 90.4 Å². The molecule has 7 amide bonds. The number of hydroxylamine groups is 7. The van der Waals surface area contributed by atoms with Crippen LogP contribution in [0.25, 0.3) is 0 Å². The number of hydrogen-bond acceptors (Lipinski definition) is 11. The van der Waals surface area contributed by atoms with E-state index in [9.17, 15) is 44.4 Å². The number of nitrogens with one attached hydrogen (secondary N) is 3. The zero-order valence-corrected chi connectivity index (χ0v) is 25.7. The number of hydrogen-bond donors (Lipinski definition) is 9. The van der Waals surface area contributed by atoms with Crippen molar-refractivity contribution < 1.29 is 49.6 Å². The molecule has 0 unspecified atom stereocenters. The lowest BCUT2D eigenvalue weighted by atomic mass is 10.2. The van der Waals surface area contributed by atoms with Gasteiger partial charge in [-0.05, 0) is 57.9 Å². The van der Waals surface area contributed by atoms with Crippen LogP contribution in [0, 0.1) is 0 Å². The average Bonchev–Trinajstić information content (AvgIpc) is 2.99. The van der Waals surface area contributed by atoms with Crippen molar-refractivity contribution in [3.05, 3.63) is 0 Å². The Labute approximate surface area is 257 Å². The third kappa shape index (κ3) is 27.3. The van der Waals surface area contributed by atoms with Gasteiger partial charge in [0.2, 0.25) is 29.5 Å². The van der Waals surface area contributed by atoms with E-state index in [-0.39, 0.29) is 57.1 Å². The molecule has 0 rings (SSSR count). The van der Waals surface area contributed by atoms with Gasteiger partial charge in [0.05, 0.1) is 0 Å². The van der Waals surface area contributed by atoms with E-state index < -0.39 is 23.8 Å². The van der Waals surface area contributed by atoms with Crippen molar-refractivity contribution in [2.24, 2.45) is 11.5 Å². The molecule has 0 saturated heterocycles. The molecule has 18 heteroatoms. The highest BCUT2D eigenvalue weighted by atomic mass is 16.5. The van der Waals surface area contributed by atoms with E-state index in [1.165, 1.54) is 12.4 Å². The van der Waals surface area contributed by atoms with Crippen molar-refractivity contribution >= 4 is 35.6 Å². The minimum atomic E-state index is -0.940.